The Hall–Kier alpha value is -1.40. The second-order valence-corrected chi connectivity index (χ2v) is 4.44. The summed E-state index contributed by atoms with van der Waals surface area (Å²) in [5.41, 5.74) is 0.754. The van der Waals surface area contributed by atoms with E-state index in [0.29, 0.717) is 11.0 Å². The van der Waals surface area contributed by atoms with Crippen molar-refractivity contribution in [1.82, 2.24) is 10.3 Å². The maximum atomic E-state index is 5.51. The maximum absolute atomic E-state index is 5.51. The van der Waals surface area contributed by atoms with E-state index in [1.54, 1.807) is 13.3 Å². The van der Waals surface area contributed by atoms with E-state index in [1.807, 2.05) is 12.1 Å². The number of thiocarbonyl (C=S) groups is 1. The first-order chi connectivity index (χ1) is 8.79. The Labute approximate surface area is 112 Å². The standard InChI is InChI=1S/C12H17N3O2S/c1-16-11-10(5-2-6-13-11)15-12(18)14-8-9-4-3-7-17-9/h2,5-6,9H,3-4,7-8H2,1H3,(H2,14,15,18). The minimum absolute atomic E-state index is 0.264. The van der Waals surface area contributed by atoms with Crippen molar-refractivity contribution in [2.24, 2.45) is 0 Å². The molecule has 5 nitrogen and oxygen atoms in total. The number of hydrogen-bond donors (Lipinski definition) is 2. The summed E-state index contributed by atoms with van der Waals surface area (Å²) in [5, 5.41) is 6.75. The normalized spacial score (nSPS) is 18.4. The number of pyridine rings is 1. The van der Waals surface area contributed by atoms with Crippen LogP contribution in [0, 0.1) is 0 Å². The van der Waals surface area contributed by atoms with Gasteiger partial charge in [-0.05, 0) is 37.2 Å². The molecule has 0 amide bonds. The van der Waals surface area contributed by atoms with Gasteiger partial charge < -0.3 is 20.1 Å². The highest BCUT2D eigenvalue weighted by Gasteiger charge is 2.15. The van der Waals surface area contributed by atoms with Crippen LogP contribution in [0.2, 0.25) is 0 Å². The molecule has 2 heterocycles. The van der Waals surface area contributed by atoms with E-state index >= 15 is 0 Å². The van der Waals surface area contributed by atoms with Gasteiger partial charge in [0.1, 0.15) is 5.69 Å². The van der Waals surface area contributed by atoms with E-state index in [2.05, 4.69) is 15.6 Å². The first-order valence-electron chi connectivity index (χ1n) is 5.95. The predicted molar refractivity (Wildman–Crippen MR) is 74.0 cm³/mol. The van der Waals surface area contributed by atoms with Gasteiger partial charge in [0.2, 0.25) is 5.88 Å². The molecule has 0 saturated carbocycles. The third-order valence-corrected chi connectivity index (χ3v) is 2.97. The highest BCUT2D eigenvalue weighted by atomic mass is 32.1. The van der Waals surface area contributed by atoms with Crippen molar-refractivity contribution in [3.63, 3.8) is 0 Å². The van der Waals surface area contributed by atoms with Gasteiger partial charge in [0, 0.05) is 19.3 Å². The number of methoxy groups -OCH3 is 1. The largest absolute Gasteiger partial charge is 0.480 e. The lowest BCUT2D eigenvalue weighted by Crippen LogP contribution is -2.34. The topological polar surface area (TPSA) is 55.4 Å². The molecule has 2 N–H and O–H groups in total. The van der Waals surface area contributed by atoms with Gasteiger partial charge in [-0.2, -0.15) is 0 Å². The lowest BCUT2D eigenvalue weighted by Gasteiger charge is -2.14. The van der Waals surface area contributed by atoms with Crippen molar-refractivity contribution in [3.05, 3.63) is 18.3 Å². The molecule has 1 aliphatic heterocycles. The quantitative estimate of drug-likeness (QED) is 0.807. The van der Waals surface area contributed by atoms with Crippen molar-refractivity contribution in [3.8, 4) is 5.88 Å². The first-order valence-corrected chi connectivity index (χ1v) is 6.36. The van der Waals surface area contributed by atoms with Crippen LogP contribution in [0.15, 0.2) is 18.3 Å². The van der Waals surface area contributed by atoms with Gasteiger partial charge in [-0.3, -0.25) is 0 Å². The molecule has 1 aliphatic rings. The molecule has 0 bridgehead atoms. The second kappa shape index (κ2) is 6.51. The molecule has 0 radical (unpaired) electrons. The number of nitrogens with one attached hydrogen (secondary N) is 2. The smallest absolute Gasteiger partial charge is 0.237 e. The molecular weight excluding hydrogens is 250 g/mol. The Morgan fingerprint density at radius 2 is 2.56 bits per heavy atom. The highest BCUT2D eigenvalue weighted by molar-refractivity contribution is 7.80. The Balaban J connectivity index is 1.82. The summed E-state index contributed by atoms with van der Waals surface area (Å²) < 4.78 is 10.6. The zero-order valence-corrected chi connectivity index (χ0v) is 11.1. The number of ether oxygens (including phenoxy) is 2. The first kappa shape index (κ1) is 13.0. The molecule has 1 saturated heterocycles. The number of hydrogen-bond acceptors (Lipinski definition) is 4. The molecule has 1 unspecified atom stereocenters. The molecule has 6 heteroatoms. The van der Waals surface area contributed by atoms with E-state index in [0.717, 1.165) is 31.7 Å². The molecule has 0 spiro atoms. The Kier molecular flexibility index (Phi) is 4.72. The molecular formula is C12H17N3O2S. The van der Waals surface area contributed by atoms with Crippen molar-refractivity contribution in [2.45, 2.75) is 18.9 Å². The van der Waals surface area contributed by atoms with Crippen LogP contribution in [0.3, 0.4) is 0 Å². The fraction of sp³-hybridized carbons (Fsp3) is 0.500. The monoisotopic (exact) mass is 267 g/mol. The van der Waals surface area contributed by atoms with Gasteiger partial charge >= 0.3 is 0 Å². The van der Waals surface area contributed by atoms with Gasteiger partial charge in [-0.25, -0.2) is 4.98 Å². The number of anilines is 1. The van der Waals surface area contributed by atoms with E-state index in [1.165, 1.54) is 0 Å². The molecule has 2 rings (SSSR count). The Morgan fingerprint density at radius 3 is 3.28 bits per heavy atom. The lowest BCUT2D eigenvalue weighted by atomic mass is 10.2. The van der Waals surface area contributed by atoms with Crippen molar-refractivity contribution < 1.29 is 9.47 Å². The maximum Gasteiger partial charge on any atom is 0.237 e. The summed E-state index contributed by atoms with van der Waals surface area (Å²) >= 11 is 5.22. The molecule has 0 aromatic carbocycles. The van der Waals surface area contributed by atoms with Crippen molar-refractivity contribution >= 4 is 23.0 Å². The Bertz CT molecular complexity index is 408. The van der Waals surface area contributed by atoms with Crippen LogP contribution in [0.5, 0.6) is 5.88 Å². The van der Waals surface area contributed by atoms with Gasteiger partial charge in [-0.1, -0.05) is 0 Å². The lowest BCUT2D eigenvalue weighted by molar-refractivity contribution is 0.114. The van der Waals surface area contributed by atoms with Crippen molar-refractivity contribution in [2.75, 3.05) is 25.6 Å². The van der Waals surface area contributed by atoms with Crippen LogP contribution in [0.25, 0.3) is 0 Å². The molecule has 1 atom stereocenters. The summed E-state index contributed by atoms with van der Waals surface area (Å²) in [4.78, 5) is 4.09. The van der Waals surface area contributed by atoms with Crippen molar-refractivity contribution in [1.29, 1.82) is 0 Å². The zero-order chi connectivity index (χ0) is 12.8. The predicted octanol–water partition coefficient (Wildman–Crippen LogP) is 1.56. The van der Waals surface area contributed by atoms with Crippen LogP contribution >= 0.6 is 12.2 Å². The third-order valence-electron chi connectivity index (χ3n) is 2.73. The second-order valence-electron chi connectivity index (χ2n) is 4.03. The summed E-state index contributed by atoms with van der Waals surface area (Å²) in [7, 11) is 1.58. The third kappa shape index (κ3) is 3.54. The molecule has 18 heavy (non-hydrogen) atoms. The average molecular weight is 267 g/mol. The molecule has 0 aliphatic carbocycles. The number of rotatable bonds is 4. The van der Waals surface area contributed by atoms with E-state index < -0.39 is 0 Å². The summed E-state index contributed by atoms with van der Waals surface area (Å²) in [5.74, 6) is 0.527. The minimum atomic E-state index is 0.264. The van der Waals surface area contributed by atoms with Crippen LogP contribution in [0.4, 0.5) is 5.69 Å². The fourth-order valence-corrected chi connectivity index (χ4v) is 2.02. The SMILES string of the molecule is COc1ncccc1NC(=S)NCC1CCCO1. The van der Waals surface area contributed by atoms with Crippen LogP contribution in [-0.2, 0) is 4.74 Å². The Morgan fingerprint density at radius 1 is 1.67 bits per heavy atom. The van der Waals surface area contributed by atoms with Gasteiger partial charge in [0.15, 0.2) is 5.11 Å². The van der Waals surface area contributed by atoms with Crippen LogP contribution in [0.1, 0.15) is 12.8 Å². The number of aromatic nitrogens is 1. The molecule has 1 fully saturated rings. The summed E-state index contributed by atoms with van der Waals surface area (Å²) in [6.45, 7) is 1.58. The van der Waals surface area contributed by atoms with Gasteiger partial charge in [0.05, 0.1) is 13.2 Å². The van der Waals surface area contributed by atoms with Crippen LogP contribution < -0.4 is 15.4 Å². The minimum Gasteiger partial charge on any atom is -0.480 e. The molecule has 98 valence electrons. The summed E-state index contributed by atoms with van der Waals surface area (Å²) in [6.07, 6.45) is 4.15. The van der Waals surface area contributed by atoms with E-state index in [-0.39, 0.29) is 6.10 Å². The fourth-order valence-electron chi connectivity index (χ4n) is 1.83. The van der Waals surface area contributed by atoms with Crippen LogP contribution in [-0.4, -0.2) is 36.5 Å². The molecule has 1 aromatic rings. The zero-order valence-electron chi connectivity index (χ0n) is 10.3. The van der Waals surface area contributed by atoms with Gasteiger partial charge in [0.25, 0.3) is 0 Å². The highest BCUT2D eigenvalue weighted by Crippen LogP contribution is 2.19. The molecule has 1 aromatic heterocycles. The number of nitrogens with zero attached hydrogens (tertiary/aromatic N) is 1. The van der Waals surface area contributed by atoms with E-state index in [9.17, 15) is 0 Å². The average Bonchev–Trinajstić information content (AvgIpc) is 2.90. The summed E-state index contributed by atoms with van der Waals surface area (Å²) in [6, 6.07) is 3.69. The van der Waals surface area contributed by atoms with Gasteiger partial charge in [-0.15, -0.1) is 0 Å². The van der Waals surface area contributed by atoms with E-state index in [4.69, 9.17) is 21.7 Å².